The van der Waals surface area contributed by atoms with E-state index in [0.29, 0.717) is 0 Å². The number of halogens is 3. The second-order valence-electron chi connectivity index (χ2n) is 3.09. The minimum atomic E-state index is -4.00. The molecule has 0 bridgehead atoms. The van der Waals surface area contributed by atoms with Gasteiger partial charge >= 0.3 is 6.18 Å². The number of rotatable bonds is 0. The summed E-state index contributed by atoms with van der Waals surface area (Å²) in [5.74, 6) is 0. The Hall–Kier alpha value is -1.77. The van der Waals surface area contributed by atoms with Crippen LogP contribution in [0.5, 0.6) is 0 Å². The summed E-state index contributed by atoms with van der Waals surface area (Å²) in [5, 5.41) is 0. The van der Waals surface area contributed by atoms with Crippen LogP contribution >= 0.6 is 0 Å². The van der Waals surface area contributed by atoms with Crippen molar-refractivity contribution in [2.24, 2.45) is 0 Å². The molecule has 18 heavy (non-hydrogen) atoms. The average Bonchev–Trinajstić information content (AvgIpc) is 2.44. The molecule has 0 fully saturated rings. The van der Waals surface area contributed by atoms with E-state index in [2.05, 4.69) is 0 Å². The van der Waals surface area contributed by atoms with Crippen LogP contribution in [-0.2, 0) is 0 Å². The molecule has 0 unspecified atom stereocenters. The van der Waals surface area contributed by atoms with Gasteiger partial charge in [-0.1, -0.05) is 80.2 Å². The topological polar surface area (TPSA) is 0 Å². The highest BCUT2D eigenvalue weighted by molar-refractivity contribution is 4.99. The molecule has 2 aromatic carbocycles. The van der Waals surface area contributed by atoms with Crippen molar-refractivity contribution in [1.29, 1.82) is 0 Å². The lowest BCUT2D eigenvalue weighted by atomic mass is 10.4. The van der Waals surface area contributed by atoms with Gasteiger partial charge in [-0.05, 0) is 0 Å². The Morgan fingerprint density at radius 3 is 0.722 bits per heavy atom. The van der Waals surface area contributed by atoms with Crippen LogP contribution < -0.4 is 0 Å². The van der Waals surface area contributed by atoms with E-state index in [1.54, 1.807) is 0 Å². The maximum absolute atomic E-state index is 10.4. The van der Waals surface area contributed by atoms with Gasteiger partial charge in [0.05, 0.1) is 0 Å². The first kappa shape index (κ1) is 16.2. The number of benzene rings is 2. The third-order valence-electron chi connectivity index (χ3n) is 1.33. The quantitative estimate of drug-likeness (QED) is 0.578. The summed E-state index contributed by atoms with van der Waals surface area (Å²) in [6, 6.07) is 24.0. The smallest absolute Gasteiger partial charge is 0.172 e. The summed E-state index contributed by atoms with van der Waals surface area (Å²) >= 11 is 0. The molecule has 3 heteroatoms. The molecule has 0 saturated carbocycles. The van der Waals surface area contributed by atoms with Crippen molar-refractivity contribution < 1.29 is 14.5 Å². The first-order valence-corrected chi connectivity index (χ1v) is 5.07. The monoisotopic (exact) mass is 257 g/mol. The number of hydrogen-bond acceptors (Lipinski definition) is 0. The molecule has 0 N–H and O–H groups in total. The maximum Gasteiger partial charge on any atom is 0.386 e. The van der Waals surface area contributed by atoms with Crippen molar-refractivity contribution in [2.75, 3.05) is 0 Å². The highest BCUT2D eigenvalue weighted by Crippen LogP contribution is 2.10. The zero-order valence-electron chi connectivity index (χ0n) is 11.6. The molecule has 0 nitrogen and oxygen atoms in total. The minimum Gasteiger partial charge on any atom is -0.172 e. The Bertz CT molecular complexity index is 256. The largest absolute Gasteiger partial charge is 0.386 e. The summed E-state index contributed by atoms with van der Waals surface area (Å²) in [5.41, 5.74) is 0. The molecule has 2 aromatic rings. The molecule has 0 aliphatic heterocycles. The Morgan fingerprint density at radius 2 is 0.667 bits per heavy atom. The number of hydrogen-bond donors (Lipinski definition) is 0. The summed E-state index contributed by atoms with van der Waals surface area (Å²) in [7, 11) is 1.25. The van der Waals surface area contributed by atoms with Crippen LogP contribution in [-0.4, -0.2) is 6.18 Å². The Balaban J connectivity index is 0. The van der Waals surface area contributed by atoms with Crippen molar-refractivity contribution in [3.05, 3.63) is 72.8 Å². The van der Waals surface area contributed by atoms with Gasteiger partial charge in [0.2, 0.25) is 0 Å². The van der Waals surface area contributed by atoms with Crippen LogP contribution in [0.15, 0.2) is 72.8 Å². The van der Waals surface area contributed by atoms with Crippen molar-refractivity contribution in [2.45, 2.75) is 20.5 Å². The van der Waals surface area contributed by atoms with Crippen molar-refractivity contribution in [3.8, 4) is 0 Å². The van der Waals surface area contributed by atoms with Gasteiger partial charge in [0, 0.05) is 8.29 Å². The fraction of sp³-hybridized carbons (Fsp3) is 0.200. The number of alkyl halides is 3. The molecule has 0 spiro atoms. The Morgan fingerprint density at radius 1 is 0.611 bits per heavy atom. The summed E-state index contributed by atoms with van der Waals surface area (Å²) in [6.45, 7) is 0.188. The van der Waals surface area contributed by atoms with Gasteiger partial charge < -0.3 is 0 Å². The van der Waals surface area contributed by atoms with E-state index in [1.807, 2.05) is 72.8 Å². The lowest BCUT2D eigenvalue weighted by Gasteiger charge is -1.88. The molecule has 2 rings (SSSR count). The van der Waals surface area contributed by atoms with Crippen LogP contribution in [0.3, 0.4) is 0 Å². The molecule has 0 saturated heterocycles. The molecule has 0 heterocycles. The molecule has 0 aliphatic carbocycles. The van der Waals surface area contributed by atoms with E-state index in [-0.39, 0.29) is 6.92 Å². The third kappa shape index (κ3) is 23.8. The van der Waals surface area contributed by atoms with E-state index in [1.165, 1.54) is 7.40 Å². The maximum atomic E-state index is 10.4. The third-order valence-corrected chi connectivity index (χ3v) is 1.33. The summed E-state index contributed by atoms with van der Waals surface area (Å²) in [4.78, 5) is 0. The van der Waals surface area contributed by atoms with Gasteiger partial charge in [0.25, 0.3) is 0 Å². The van der Waals surface area contributed by atoms with Gasteiger partial charge in [-0.15, -0.1) is 0 Å². The molecule has 0 atom stereocenters. The minimum absolute atomic E-state index is 0.188. The molecule has 0 aliphatic rings. The predicted octanol–water partition coefficient (Wildman–Crippen LogP) is 5.58. The highest BCUT2D eigenvalue weighted by Gasteiger charge is 2.15. The lowest BCUT2D eigenvalue weighted by molar-refractivity contribution is -0.110. The SMILES string of the molecule is CC(F)(F)F.[2H]C.c1ccccc1.c1ccccc1. The van der Waals surface area contributed by atoms with Gasteiger partial charge in [-0.3, -0.25) is 0 Å². The van der Waals surface area contributed by atoms with Crippen LogP contribution in [0, 0.1) is 0 Å². The normalized spacial score (nSPS) is 9.06. The average molecular weight is 257 g/mol. The molecular formula is C15H19F3. The fourth-order valence-corrected chi connectivity index (χ4v) is 0.770. The van der Waals surface area contributed by atoms with E-state index >= 15 is 0 Å². The van der Waals surface area contributed by atoms with E-state index in [4.69, 9.17) is 1.37 Å². The van der Waals surface area contributed by atoms with Gasteiger partial charge in [0.15, 0.2) is 0 Å². The summed E-state index contributed by atoms with van der Waals surface area (Å²) < 4.78 is 36.8. The summed E-state index contributed by atoms with van der Waals surface area (Å²) in [6.07, 6.45) is -4.00. The Kier molecular flexibility index (Phi) is 10.6. The van der Waals surface area contributed by atoms with Crippen LogP contribution in [0.4, 0.5) is 13.2 Å². The van der Waals surface area contributed by atoms with Crippen molar-refractivity contribution >= 4 is 0 Å². The van der Waals surface area contributed by atoms with Gasteiger partial charge in [0.1, 0.15) is 0 Å². The second kappa shape index (κ2) is 11.7. The lowest BCUT2D eigenvalue weighted by Crippen LogP contribution is -1.95. The molecule has 0 radical (unpaired) electrons. The van der Waals surface area contributed by atoms with E-state index in [0.717, 1.165) is 0 Å². The highest BCUT2D eigenvalue weighted by atomic mass is 19.4. The Labute approximate surface area is 109 Å². The molecule has 0 amide bonds. The predicted molar refractivity (Wildman–Crippen MR) is 71.3 cm³/mol. The zero-order valence-corrected chi connectivity index (χ0v) is 10.6. The molecular weight excluding hydrogens is 237 g/mol. The van der Waals surface area contributed by atoms with Crippen LogP contribution in [0.2, 0.25) is 0 Å². The molecule has 0 aromatic heterocycles. The van der Waals surface area contributed by atoms with Crippen LogP contribution in [0.25, 0.3) is 0 Å². The zero-order chi connectivity index (χ0) is 15.0. The van der Waals surface area contributed by atoms with E-state index in [9.17, 15) is 13.2 Å². The van der Waals surface area contributed by atoms with E-state index < -0.39 is 6.18 Å². The first-order chi connectivity index (χ1) is 9.00. The molecule has 100 valence electrons. The van der Waals surface area contributed by atoms with Gasteiger partial charge in [-0.25, -0.2) is 0 Å². The van der Waals surface area contributed by atoms with Crippen LogP contribution in [0.1, 0.15) is 15.7 Å². The van der Waals surface area contributed by atoms with Crippen molar-refractivity contribution in [1.82, 2.24) is 0 Å². The first-order valence-electron chi connectivity index (χ1n) is 6.07. The van der Waals surface area contributed by atoms with Gasteiger partial charge in [-0.2, -0.15) is 13.2 Å². The standard InChI is InChI=1S/2C6H6.C2H3F3.CH4/c2*1-2-4-6-5-3-1;1-2(3,4)5;/h2*1-6H;1H3;1H4/i;;;1D. The van der Waals surface area contributed by atoms with Crippen molar-refractivity contribution in [3.63, 3.8) is 0 Å². The second-order valence-corrected chi connectivity index (χ2v) is 3.09. The fourth-order valence-electron chi connectivity index (χ4n) is 0.770.